The first-order valence-electron chi connectivity index (χ1n) is 11.5. The van der Waals surface area contributed by atoms with Crippen LogP contribution in [0, 0.1) is 0 Å². The van der Waals surface area contributed by atoms with Crippen LogP contribution in [0.25, 0.3) is 0 Å². The molecule has 2 aromatic carbocycles. The second kappa shape index (κ2) is 8.91. The van der Waals surface area contributed by atoms with Crippen molar-refractivity contribution in [2.24, 2.45) is 0 Å². The van der Waals surface area contributed by atoms with Gasteiger partial charge in [0.15, 0.2) is 11.5 Å². The largest absolute Gasteiger partial charge is 0.486 e. The van der Waals surface area contributed by atoms with E-state index in [1.54, 1.807) is 0 Å². The maximum atomic E-state index is 11.6. The minimum atomic E-state index is -2.95. The summed E-state index contributed by atoms with van der Waals surface area (Å²) in [4.78, 5) is 4.61. The van der Waals surface area contributed by atoms with Crippen molar-refractivity contribution in [3.05, 3.63) is 53.2 Å². The Morgan fingerprint density at radius 2 is 1.79 bits per heavy atom. The second-order valence-corrected chi connectivity index (χ2v) is 11.4. The summed E-state index contributed by atoms with van der Waals surface area (Å²) in [5.41, 5.74) is 7.30. The molecule has 8 heteroatoms. The fraction of sp³-hybridized carbons (Fsp3) is 0.440. The molecule has 5 rings (SSSR count). The van der Waals surface area contributed by atoms with Gasteiger partial charge in [0.1, 0.15) is 23.1 Å². The highest BCUT2D eigenvalue weighted by Gasteiger charge is 2.26. The van der Waals surface area contributed by atoms with Crippen molar-refractivity contribution < 1.29 is 17.9 Å². The molecule has 0 unspecified atom stereocenters. The van der Waals surface area contributed by atoms with Crippen molar-refractivity contribution in [1.29, 1.82) is 0 Å². The summed E-state index contributed by atoms with van der Waals surface area (Å²) in [5, 5.41) is 3.50. The number of anilines is 3. The molecule has 0 saturated heterocycles. The number of ether oxygens (including phenoxy) is 2. The number of fused-ring (bicyclic) bond motifs is 2. The SMILES string of the molecule is CN1C2=C(Cc3ccc(Nc4ccc5c(c4)OCCO5)cc31)CN(CCS(C)(=O)=O)CCC2. The summed E-state index contributed by atoms with van der Waals surface area (Å²) < 4.78 is 34.6. The zero-order valence-corrected chi connectivity index (χ0v) is 20.1. The maximum Gasteiger partial charge on any atom is 0.163 e. The standard InChI is InChI=1S/C25H31N3O4S/c1-27-22-4-3-9-28(10-13-33(2,29)30)17-19(22)14-18-5-6-20(15-23(18)27)26-21-7-8-24-25(16-21)32-12-11-31-24/h5-8,15-16,26H,3-4,9-14,17H2,1-2H3. The van der Waals surface area contributed by atoms with E-state index in [0.29, 0.717) is 19.8 Å². The van der Waals surface area contributed by atoms with Crippen molar-refractivity contribution in [1.82, 2.24) is 4.90 Å². The van der Waals surface area contributed by atoms with E-state index in [1.807, 2.05) is 18.2 Å². The van der Waals surface area contributed by atoms with E-state index in [1.165, 1.54) is 28.8 Å². The lowest BCUT2D eigenvalue weighted by molar-refractivity contribution is 0.171. The van der Waals surface area contributed by atoms with E-state index < -0.39 is 9.84 Å². The number of hydrogen-bond donors (Lipinski definition) is 1. The quantitative estimate of drug-likeness (QED) is 0.718. The fourth-order valence-electron chi connectivity index (χ4n) is 4.90. The van der Waals surface area contributed by atoms with Crippen LogP contribution in [0.2, 0.25) is 0 Å². The van der Waals surface area contributed by atoms with Crippen molar-refractivity contribution in [2.75, 3.05) is 62.1 Å². The van der Waals surface area contributed by atoms with Crippen LogP contribution in [0.4, 0.5) is 17.1 Å². The molecule has 33 heavy (non-hydrogen) atoms. The Bertz CT molecular complexity index is 1190. The molecule has 0 saturated carbocycles. The first-order valence-corrected chi connectivity index (χ1v) is 13.6. The van der Waals surface area contributed by atoms with E-state index in [0.717, 1.165) is 55.2 Å². The number of sulfone groups is 1. The van der Waals surface area contributed by atoms with E-state index in [4.69, 9.17) is 9.47 Å². The fourth-order valence-corrected chi connectivity index (χ4v) is 5.49. The minimum absolute atomic E-state index is 0.219. The van der Waals surface area contributed by atoms with E-state index in [9.17, 15) is 8.42 Å². The van der Waals surface area contributed by atoms with E-state index in [-0.39, 0.29) is 5.75 Å². The third-order valence-corrected chi connectivity index (χ3v) is 7.50. The number of nitrogens with one attached hydrogen (secondary N) is 1. The number of hydrogen-bond acceptors (Lipinski definition) is 7. The number of benzene rings is 2. The van der Waals surface area contributed by atoms with Gasteiger partial charge in [-0.1, -0.05) is 6.07 Å². The Morgan fingerprint density at radius 1 is 1.03 bits per heavy atom. The molecule has 0 bridgehead atoms. The van der Waals surface area contributed by atoms with Gasteiger partial charge in [0, 0.05) is 55.2 Å². The molecule has 0 fully saturated rings. The zero-order chi connectivity index (χ0) is 23.0. The van der Waals surface area contributed by atoms with Crippen LogP contribution in [-0.2, 0) is 16.3 Å². The van der Waals surface area contributed by atoms with Gasteiger partial charge in [0.25, 0.3) is 0 Å². The second-order valence-electron chi connectivity index (χ2n) is 9.12. The van der Waals surface area contributed by atoms with Crippen molar-refractivity contribution >= 4 is 26.9 Å². The summed E-state index contributed by atoms with van der Waals surface area (Å²) in [6, 6.07) is 12.5. The minimum Gasteiger partial charge on any atom is -0.486 e. The molecule has 0 aliphatic carbocycles. The monoisotopic (exact) mass is 469 g/mol. The van der Waals surface area contributed by atoms with Crippen LogP contribution < -0.4 is 19.7 Å². The first kappa shape index (κ1) is 22.1. The molecule has 1 N–H and O–H groups in total. The van der Waals surface area contributed by atoms with Gasteiger partial charge in [-0.15, -0.1) is 0 Å². The molecule has 0 amide bonds. The molecular formula is C25H31N3O4S. The first-order chi connectivity index (χ1) is 15.9. The van der Waals surface area contributed by atoms with E-state index >= 15 is 0 Å². The number of allylic oxidation sites excluding steroid dienone is 1. The predicted octanol–water partition coefficient (Wildman–Crippen LogP) is 3.59. The lowest BCUT2D eigenvalue weighted by atomic mass is 9.94. The van der Waals surface area contributed by atoms with Gasteiger partial charge in [-0.25, -0.2) is 8.42 Å². The Kier molecular flexibility index (Phi) is 5.97. The highest BCUT2D eigenvalue weighted by Crippen LogP contribution is 2.39. The van der Waals surface area contributed by atoms with Crippen LogP contribution in [0.15, 0.2) is 47.7 Å². The predicted molar refractivity (Wildman–Crippen MR) is 132 cm³/mol. The van der Waals surface area contributed by atoms with Gasteiger partial charge in [0.05, 0.1) is 5.75 Å². The molecule has 176 valence electrons. The summed E-state index contributed by atoms with van der Waals surface area (Å²) in [6.07, 6.45) is 4.28. The van der Waals surface area contributed by atoms with Crippen molar-refractivity contribution in [2.45, 2.75) is 19.3 Å². The van der Waals surface area contributed by atoms with Gasteiger partial charge in [-0.2, -0.15) is 0 Å². The Balaban J connectivity index is 1.33. The molecule has 7 nitrogen and oxygen atoms in total. The third kappa shape index (κ3) is 4.96. The molecular weight excluding hydrogens is 438 g/mol. The highest BCUT2D eigenvalue weighted by molar-refractivity contribution is 7.90. The maximum absolute atomic E-state index is 11.6. The Morgan fingerprint density at radius 3 is 2.61 bits per heavy atom. The summed E-state index contributed by atoms with van der Waals surface area (Å²) in [7, 11) is -0.804. The lowest BCUT2D eigenvalue weighted by Gasteiger charge is -2.33. The van der Waals surface area contributed by atoms with Crippen LogP contribution in [-0.4, -0.2) is 65.2 Å². The van der Waals surface area contributed by atoms with Crippen LogP contribution in [0.3, 0.4) is 0 Å². The number of nitrogens with zero attached hydrogens (tertiary/aromatic N) is 2. The molecule has 0 spiro atoms. The summed E-state index contributed by atoms with van der Waals surface area (Å²) >= 11 is 0. The Hall–Kier alpha value is -2.71. The van der Waals surface area contributed by atoms with Crippen LogP contribution in [0.1, 0.15) is 18.4 Å². The third-order valence-electron chi connectivity index (χ3n) is 6.58. The molecule has 2 aromatic rings. The molecule has 0 aromatic heterocycles. The highest BCUT2D eigenvalue weighted by atomic mass is 32.2. The molecule has 0 atom stereocenters. The normalized spacial score (nSPS) is 18.4. The Labute approximate surface area is 195 Å². The van der Waals surface area contributed by atoms with Gasteiger partial charge >= 0.3 is 0 Å². The van der Waals surface area contributed by atoms with Gasteiger partial charge in [0.2, 0.25) is 0 Å². The number of rotatable bonds is 5. The molecule has 0 radical (unpaired) electrons. The smallest absolute Gasteiger partial charge is 0.163 e. The van der Waals surface area contributed by atoms with Crippen molar-refractivity contribution in [3.8, 4) is 11.5 Å². The molecule has 3 aliphatic rings. The van der Waals surface area contributed by atoms with Gasteiger partial charge in [-0.05, 0) is 61.2 Å². The average molecular weight is 470 g/mol. The topological polar surface area (TPSA) is 71.1 Å². The van der Waals surface area contributed by atoms with Gasteiger partial charge in [-0.3, -0.25) is 4.90 Å². The van der Waals surface area contributed by atoms with Crippen LogP contribution >= 0.6 is 0 Å². The zero-order valence-electron chi connectivity index (χ0n) is 19.3. The molecule has 3 heterocycles. The summed E-state index contributed by atoms with van der Waals surface area (Å²) in [5.74, 6) is 1.78. The van der Waals surface area contributed by atoms with Crippen molar-refractivity contribution in [3.63, 3.8) is 0 Å². The van der Waals surface area contributed by atoms with Gasteiger partial charge < -0.3 is 19.7 Å². The average Bonchev–Trinajstić information content (AvgIpc) is 3.00. The van der Waals surface area contributed by atoms with E-state index in [2.05, 4.69) is 40.4 Å². The van der Waals surface area contributed by atoms with Crippen LogP contribution in [0.5, 0.6) is 11.5 Å². The lowest BCUT2D eigenvalue weighted by Crippen LogP contribution is -2.32. The summed E-state index contributed by atoms with van der Waals surface area (Å²) in [6.45, 7) is 3.54. The molecule has 3 aliphatic heterocycles.